The fourth-order valence-corrected chi connectivity index (χ4v) is 5.57. The normalized spacial score (nSPS) is 26.0. The third-order valence-corrected chi connectivity index (χ3v) is 7.45. The molecule has 174 valence electrons. The first-order valence-corrected chi connectivity index (χ1v) is 12.4. The minimum absolute atomic E-state index is 0.0630. The summed E-state index contributed by atoms with van der Waals surface area (Å²) in [5.74, 6) is -0.233. The van der Waals surface area contributed by atoms with Crippen molar-refractivity contribution in [1.29, 1.82) is 0 Å². The number of aromatic amines is 1. The fraction of sp³-hybridized carbons (Fsp3) is 0.556. The molecule has 0 bridgehead atoms. The maximum Gasteiger partial charge on any atom is 0.490 e. The smallest absolute Gasteiger partial charge is 0.390 e. The van der Waals surface area contributed by atoms with Gasteiger partial charge in [0, 0.05) is 6.42 Å². The van der Waals surface area contributed by atoms with Crippen molar-refractivity contribution in [2.75, 3.05) is 12.3 Å². The lowest BCUT2D eigenvalue weighted by atomic mass is 10.2. The zero-order chi connectivity index (χ0) is 23.2. The number of nitrogens with zero attached hydrogens (tertiary/aromatic N) is 4. The predicted molar refractivity (Wildman–Crippen MR) is 94.7 cm³/mol. The number of aliphatic hydroxyl groups excluding tert-OH is 1. The van der Waals surface area contributed by atoms with Crippen molar-refractivity contribution in [2.45, 2.75) is 24.9 Å². The van der Waals surface area contributed by atoms with Crippen LogP contribution in [0.5, 0.6) is 0 Å². The number of nitrogens with two attached hydrogens (primary N) is 1. The van der Waals surface area contributed by atoms with Crippen molar-refractivity contribution < 1.29 is 56.3 Å². The van der Waals surface area contributed by atoms with Gasteiger partial charge in [-0.1, -0.05) is 5.21 Å². The van der Waals surface area contributed by atoms with Crippen LogP contribution in [0.1, 0.15) is 12.6 Å². The lowest BCUT2D eigenvalue weighted by Crippen LogP contribution is -2.26. The maximum absolute atomic E-state index is 11.8. The summed E-state index contributed by atoms with van der Waals surface area (Å²) in [7, 11) is -16.6. The van der Waals surface area contributed by atoms with E-state index in [0.717, 1.165) is 4.68 Å². The summed E-state index contributed by atoms with van der Waals surface area (Å²) in [6.45, 7) is -0.871. The van der Waals surface area contributed by atoms with Crippen LogP contribution in [0.3, 0.4) is 0 Å². The van der Waals surface area contributed by atoms with Gasteiger partial charge in [0.05, 0.1) is 12.7 Å². The summed E-state index contributed by atoms with van der Waals surface area (Å²) in [5.41, 5.74) is 4.57. The summed E-state index contributed by atoms with van der Waals surface area (Å²) < 4.78 is 51.7. The number of nitrogen functional groups attached to an aromatic ring is 1. The quantitative estimate of drug-likeness (QED) is 0.191. The van der Waals surface area contributed by atoms with Crippen LogP contribution in [-0.2, 0) is 31.6 Å². The van der Waals surface area contributed by atoms with Gasteiger partial charge >= 0.3 is 23.5 Å². The molecular weight excluding hydrogens is 493 g/mol. The Labute approximate surface area is 170 Å². The molecule has 0 saturated carbocycles. The summed E-state index contributed by atoms with van der Waals surface area (Å²) in [6.07, 6.45) is -3.82. The number of anilines is 1. The van der Waals surface area contributed by atoms with Crippen molar-refractivity contribution >= 4 is 40.6 Å². The van der Waals surface area contributed by atoms with E-state index in [-0.39, 0.29) is 23.5 Å². The van der Waals surface area contributed by atoms with Crippen LogP contribution in [0.4, 0.5) is 5.95 Å². The van der Waals surface area contributed by atoms with E-state index in [4.69, 9.17) is 25.2 Å². The first kappa shape index (κ1) is 24.1. The molecule has 1 aliphatic heterocycles. The highest BCUT2D eigenvalue weighted by molar-refractivity contribution is 7.66. The van der Waals surface area contributed by atoms with Crippen molar-refractivity contribution in [3.8, 4) is 0 Å². The number of nitrogens with one attached hydrogen (secondary N) is 1. The summed E-state index contributed by atoms with van der Waals surface area (Å²) >= 11 is 0. The highest BCUT2D eigenvalue weighted by atomic mass is 31.3. The number of hydrogen-bond donors (Lipinski definition) is 7. The van der Waals surface area contributed by atoms with Crippen LogP contribution in [0.2, 0.25) is 0 Å². The van der Waals surface area contributed by atoms with Crippen LogP contribution >= 0.6 is 23.5 Å². The zero-order valence-corrected chi connectivity index (χ0v) is 17.5. The Morgan fingerprint density at radius 3 is 2.52 bits per heavy atom. The van der Waals surface area contributed by atoms with E-state index < -0.39 is 54.1 Å². The predicted octanol–water partition coefficient (Wildman–Crippen LogP) is -1.91. The highest BCUT2D eigenvalue weighted by Gasteiger charge is 2.43. The van der Waals surface area contributed by atoms with Gasteiger partial charge in [-0.25, -0.2) is 13.7 Å². The van der Waals surface area contributed by atoms with Crippen LogP contribution in [0, 0.1) is 0 Å². The van der Waals surface area contributed by atoms with E-state index in [1.165, 1.54) is 0 Å². The summed E-state index contributed by atoms with van der Waals surface area (Å²) in [6, 6.07) is 0. The molecule has 0 aliphatic carbocycles. The molecule has 0 amide bonds. The molecule has 0 radical (unpaired) electrons. The molecule has 19 nitrogen and oxygen atoms in total. The average molecular weight is 508 g/mol. The number of aliphatic hydroxyl groups is 1. The fourth-order valence-electron chi connectivity index (χ4n) is 2.54. The van der Waals surface area contributed by atoms with Gasteiger partial charge in [0.2, 0.25) is 5.95 Å². The van der Waals surface area contributed by atoms with Gasteiger partial charge in [0.1, 0.15) is 6.10 Å². The average Bonchev–Trinajstić information content (AvgIpc) is 3.13. The molecule has 3 heterocycles. The van der Waals surface area contributed by atoms with Crippen molar-refractivity contribution in [2.24, 2.45) is 0 Å². The molecule has 0 aromatic carbocycles. The zero-order valence-electron chi connectivity index (χ0n) is 14.9. The molecule has 3 rings (SSSR count). The van der Waals surface area contributed by atoms with E-state index in [0.29, 0.717) is 0 Å². The lowest BCUT2D eigenvalue weighted by Gasteiger charge is -2.19. The molecule has 5 atom stereocenters. The van der Waals surface area contributed by atoms with E-state index in [1.807, 2.05) is 0 Å². The standard InChI is InChI=1S/C9H15N6O13P3/c10-9-11-7-6(8(17)12-9)13-14-15(7)5-1-3(16)4(26-5)2-25-30(21,22)28-31(23,24)27-29(18,19)20/h3-5,16H,1-2H2,(H,21,22)(H,23,24)(H2,18,19,20)(H3,10,11,12,17)/t3?,4-,5-/m1/s1. The SMILES string of the molecule is Nc1nc2c(nnn2[C@H]2CC(O)[C@@H](COP(=O)(O)OP(=O)(O)OP(=O)(O)O)O2)c(=O)[nH]1. The van der Waals surface area contributed by atoms with Crippen LogP contribution in [0.15, 0.2) is 4.79 Å². The lowest BCUT2D eigenvalue weighted by molar-refractivity contribution is -0.0466. The number of hydrogen-bond acceptors (Lipinski definition) is 13. The van der Waals surface area contributed by atoms with Gasteiger partial charge in [0.15, 0.2) is 17.4 Å². The largest absolute Gasteiger partial charge is 0.490 e. The highest BCUT2D eigenvalue weighted by Crippen LogP contribution is 2.66. The molecule has 1 fully saturated rings. The molecule has 2 aromatic rings. The van der Waals surface area contributed by atoms with Crippen LogP contribution in [-0.4, -0.2) is 68.5 Å². The Morgan fingerprint density at radius 1 is 1.19 bits per heavy atom. The molecule has 0 spiro atoms. The minimum Gasteiger partial charge on any atom is -0.390 e. The van der Waals surface area contributed by atoms with Gasteiger partial charge in [-0.3, -0.25) is 14.3 Å². The monoisotopic (exact) mass is 508 g/mol. The number of ether oxygens (including phenoxy) is 1. The Balaban J connectivity index is 1.67. The maximum atomic E-state index is 11.8. The first-order chi connectivity index (χ1) is 14.2. The number of rotatable bonds is 8. The third kappa shape index (κ3) is 6.01. The molecule has 31 heavy (non-hydrogen) atoms. The Hall–Kier alpha value is -1.59. The third-order valence-electron chi connectivity index (χ3n) is 3.65. The van der Waals surface area contributed by atoms with Crippen LogP contribution in [0.25, 0.3) is 11.2 Å². The molecule has 1 saturated heterocycles. The number of phosphoric ester groups is 1. The van der Waals surface area contributed by atoms with E-state index in [9.17, 15) is 28.5 Å². The number of aromatic nitrogens is 5. The van der Waals surface area contributed by atoms with Crippen molar-refractivity contribution in [3.05, 3.63) is 10.4 Å². The number of H-pyrrole nitrogens is 1. The van der Waals surface area contributed by atoms with Gasteiger partial charge in [-0.2, -0.15) is 18.3 Å². The summed E-state index contributed by atoms with van der Waals surface area (Å²) in [4.78, 5) is 53.4. The molecular formula is C9H15N6O13P3. The molecule has 1 aliphatic rings. The molecule has 2 aromatic heterocycles. The van der Waals surface area contributed by atoms with E-state index in [1.54, 1.807) is 0 Å². The number of fused-ring (bicyclic) bond motifs is 1. The first-order valence-electron chi connectivity index (χ1n) is 7.88. The molecule has 22 heteroatoms. The van der Waals surface area contributed by atoms with Gasteiger partial charge in [0.25, 0.3) is 5.56 Å². The second kappa shape index (κ2) is 8.40. The van der Waals surface area contributed by atoms with Gasteiger partial charge in [-0.05, 0) is 0 Å². The second-order valence-electron chi connectivity index (χ2n) is 5.98. The van der Waals surface area contributed by atoms with Crippen LogP contribution < -0.4 is 11.3 Å². The topological polar surface area (TPSA) is 292 Å². The van der Waals surface area contributed by atoms with E-state index in [2.05, 4.69) is 33.4 Å². The van der Waals surface area contributed by atoms with Gasteiger partial charge in [-0.15, -0.1) is 5.10 Å². The Kier molecular flexibility index (Phi) is 6.52. The summed E-state index contributed by atoms with van der Waals surface area (Å²) in [5, 5.41) is 17.4. The molecule has 3 unspecified atom stereocenters. The second-order valence-corrected chi connectivity index (χ2v) is 10.4. The number of phosphoric acid groups is 3. The van der Waals surface area contributed by atoms with E-state index >= 15 is 0 Å². The molecule has 8 N–H and O–H groups in total. The van der Waals surface area contributed by atoms with Crippen molar-refractivity contribution in [1.82, 2.24) is 25.0 Å². The Morgan fingerprint density at radius 2 is 1.87 bits per heavy atom. The van der Waals surface area contributed by atoms with Crippen molar-refractivity contribution in [3.63, 3.8) is 0 Å². The minimum atomic E-state index is -5.68. The van der Waals surface area contributed by atoms with Gasteiger partial charge < -0.3 is 35.2 Å². The Bertz CT molecular complexity index is 1180.